The van der Waals surface area contributed by atoms with Gasteiger partial charge in [0, 0.05) is 15.5 Å². The molecule has 0 aliphatic carbocycles. The molecule has 3 N–H and O–H groups in total. The second kappa shape index (κ2) is 4.94. The van der Waals surface area contributed by atoms with E-state index < -0.39 is 0 Å². The number of nitrogens with two attached hydrogens (primary N) is 1. The molecule has 4 nitrogen and oxygen atoms in total. The minimum atomic E-state index is -0.154. The van der Waals surface area contributed by atoms with E-state index in [9.17, 15) is 4.79 Å². The predicted octanol–water partition coefficient (Wildman–Crippen LogP) is 3.44. The number of fused-ring (bicyclic) bond motifs is 1. The number of amides is 1. The number of nitrogens with zero attached hydrogens (tertiary/aromatic N) is 1. The van der Waals surface area contributed by atoms with Crippen LogP contribution in [0.5, 0.6) is 0 Å². The number of nitrogens with one attached hydrogen (secondary N) is 1. The number of thiophene rings is 1. The van der Waals surface area contributed by atoms with Crippen LogP contribution in [0, 0.1) is 6.92 Å². The number of pyridine rings is 1. The summed E-state index contributed by atoms with van der Waals surface area (Å²) in [5, 5.41) is 5.63. The van der Waals surface area contributed by atoms with Gasteiger partial charge < -0.3 is 11.1 Å². The van der Waals surface area contributed by atoms with Gasteiger partial charge in [-0.05, 0) is 24.6 Å². The molecular formula is C15H13N3OS. The van der Waals surface area contributed by atoms with Crippen LogP contribution in [0.4, 0.5) is 11.5 Å². The number of carbonyl (C=O) groups is 1. The average molecular weight is 283 g/mol. The molecule has 20 heavy (non-hydrogen) atoms. The number of benzene rings is 1. The van der Waals surface area contributed by atoms with Crippen molar-refractivity contribution in [2.24, 2.45) is 0 Å². The zero-order valence-corrected chi connectivity index (χ0v) is 11.7. The van der Waals surface area contributed by atoms with Crippen molar-refractivity contribution in [3.8, 4) is 0 Å². The number of carbonyl (C=O) groups excluding carboxylic acids is 1. The fourth-order valence-corrected chi connectivity index (χ4v) is 2.91. The molecule has 0 saturated carbocycles. The first-order chi connectivity index (χ1) is 9.65. The number of nitrogen functional groups attached to an aromatic ring is 1. The lowest BCUT2D eigenvalue weighted by Crippen LogP contribution is -2.12. The van der Waals surface area contributed by atoms with Gasteiger partial charge in [-0.2, -0.15) is 0 Å². The average Bonchev–Trinajstić information content (AvgIpc) is 2.87. The Balaban J connectivity index is 1.91. The van der Waals surface area contributed by atoms with Gasteiger partial charge in [-0.3, -0.25) is 4.79 Å². The Morgan fingerprint density at radius 1 is 1.35 bits per heavy atom. The zero-order chi connectivity index (χ0) is 14.1. The van der Waals surface area contributed by atoms with Crippen LogP contribution in [0.1, 0.15) is 15.9 Å². The standard InChI is InChI=1S/C15H13N3OS/c1-9-6-14(17-7-12(9)16)18-15(19)11-8-20-13-5-3-2-4-10(11)13/h2-8H,16H2,1H3,(H,17,18,19). The maximum absolute atomic E-state index is 12.3. The fourth-order valence-electron chi connectivity index (χ4n) is 1.97. The van der Waals surface area contributed by atoms with E-state index in [0.717, 1.165) is 15.6 Å². The number of anilines is 2. The Morgan fingerprint density at radius 3 is 2.95 bits per heavy atom. The molecule has 5 heteroatoms. The van der Waals surface area contributed by atoms with E-state index in [-0.39, 0.29) is 5.91 Å². The van der Waals surface area contributed by atoms with Crippen molar-refractivity contribution >= 4 is 38.8 Å². The fraction of sp³-hybridized carbons (Fsp3) is 0.0667. The third-order valence-corrected chi connectivity index (χ3v) is 4.08. The minimum absolute atomic E-state index is 0.154. The van der Waals surface area contributed by atoms with E-state index in [2.05, 4.69) is 10.3 Å². The Bertz CT molecular complexity index is 795. The maximum atomic E-state index is 12.3. The van der Waals surface area contributed by atoms with Crippen LogP contribution in [0.25, 0.3) is 10.1 Å². The van der Waals surface area contributed by atoms with Crippen molar-refractivity contribution in [2.75, 3.05) is 11.1 Å². The third kappa shape index (κ3) is 2.23. The summed E-state index contributed by atoms with van der Waals surface area (Å²) in [6.45, 7) is 1.88. The van der Waals surface area contributed by atoms with Gasteiger partial charge in [-0.1, -0.05) is 18.2 Å². The largest absolute Gasteiger partial charge is 0.397 e. The molecular weight excluding hydrogens is 270 g/mol. The number of aromatic nitrogens is 1. The molecule has 0 radical (unpaired) electrons. The van der Waals surface area contributed by atoms with Crippen molar-refractivity contribution in [1.82, 2.24) is 4.98 Å². The summed E-state index contributed by atoms with van der Waals surface area (Å²) in [5.41, 5.74) is 7.89. The molecule has 0 aliphatic rings. The van der Waals surface area contributed by atoms with Crippen LogP contribution in [0.15, 0.2) is 41.9 Å². The van der Waals surface area contributed by atoms with E-state index in [0.29, 0.717) is 17.1 Å². The monoisotopic (exact) mass is 283 g/mol. The van der Waals surface area contributed by atoms with Crippen molar-refractivity contribution < 1.29 is 4.79 Å². The Hall–Kier alpha value is -2.40. The first kappa shape index (κ1) is 12.6. The molecule has 0 unspecified atom stereocenters. The first-order valence-corrected chi connectivity index (χ1v) is 7.03. The van der Waals surface area contributed by atoms with Crippen molar-refractivity contribution in [3.63, 3.8) is 0 Å². The lowest BCUT2D eigenvalue weighted by atomic mass is 10.1. The van der Waals surface area contributed by atoms with Gasteiger partial charge in [0.2, 0.25) is 0 Å². The normalized spacial score (nSPS) is 10.7. The molecule has 3 rings (SSSR count). The van der Waals surface area contributed by atoms with Gasteiger partial charge in [-0.25, -0.2) is 4.98 Å². The second-order valence-corrected chi connectivity index (χ2v) is 5.44. The van der Waals surface area contributed by atoms with Gasteiger partial charge in [0.25, 0.3) is 5.91 Å². The lowest BCUT2D eigenvalue weighted by molar-refractivity contribution is 0.102. The molecule has 100 valence electrons. The van der Waals surface area contributed by atoms with Crippen LogP contribution in [-0.2, 0) is 0 Å². The van der Waals surface area contributed by atoms with Gasteiger partial charge >= 0.3 is 0 Å². The quantitative estimate of drug-likeness (QED) is 0.757. The van der Waals surface area contributed by atoms with Gasteiger partial charge in [-0.15, -0.1) is 11.3 Å². The summed E-state index contributed by atoms with van der Waals surface area (Å²) in [6.07, 6.45) is 1.55. The van der Waals surface area contributed by atoms with Gasteiger partial charge in [0.05, 0.1) is 17.4 Å². The summed E-state index contributed by atoms with van der Waals surface area (Å²) < 4.78 is 1.10. The second-order valence-electron chi connectivity index (χ2n) is 4.53. The number of hydrogen-bond acceptors (Lipinski definition) is 4. The highest BCUT2D eigenvalue weighted by atomic mass is 32.1. The molecule has 0 saturated heterocycles. The van der Waals surface area contributed by atoms with E-state index >= 15 is 0 Å². The molecule has 1 aromatic carbocycles. The van der Waals surface area contributed by atoms with Crippen molar-refractivity contribution in [3.05, 3.63) is 53.0 Å². The summed E-state index contributed by atoms with van der Waals surface area (Å²) in [4.78, 5) is 16.4. The summed E-state index contributed by atoms with van der Waals surface area (Å²) in [7, 11) is 0. The van der Waals surface area contributed by atoms with Crippen LogP contribution in [-0.4, -0.2) is 10.9 Å². The Labute approximate surface area is 120 Å². The molecule has 1 amide bonds. The molecule has 2 aromatic heterocycles. The number of aryl methyl sites for hydroxylation is 1. The van der Waals surface area contributed by atoms with Crippen LogP contribution >= 0.6 is 11.3 Å². The van der Waals surface area contributed by atoms with E-state index in [1.54, 1.807) is 23.6 Å². The van der Waals surface area contributed by atoms with Crippen LogP contribution in [0.3, 0.4) is 0 Å². The summed E-state index contributed by atoms with van der Waals surface area (Å²) in [6, 6.07) is 9.61. The Kier molecular flexibility index (Phi) is 3.12. The predicted molar refractivity (Wildman–Crippen MR) is 83.2 cm³/mol. The molecule has 0 aliphatic heterocycles. The maximum Gasteiger partial charge on any atom is 0.258 e. The highest BCUT2D eigenvalue weighted by molar-refractivity contribution is 7.17. The van der Waals surface area contributed by atoms with E-state index in [1.807, 2.05) is 36.6 Å². The number of rotatable bonds is 2. The van der Waals surface area contributed by atoms with Gasteiger partial charge in [0.15, 0.2) is 0 Å². The van der Waals surface area contributed by atoms with Crippen molar-refractivity contribution in [2.45, 2.75) is 6.92 Å². The third-order valence-electron chi connectivity index (χ3n) is 3.12. The van der Waals surface area contributed by atoms with E-state index in [4.69, 9.17) is 5.73 Å². The zero-order valence-electron chi connectivity index (χ0n) is 10.9. The lowest BCUT2D eigenvalue weighted by Gasteiger charge is -2.06. The highest BCUT2D eigenvalue weighted by Crippen LogP contribution is 2.26. The number of hydrogen-bond donors (Lipinski definition) is 2. The molecule has 2 heterocycles. The van der Waals surface area contributed by atoms with Crippen molar-refractivity contribution in [1.29, 1.82) is 0 Å². The van der Waals surface area contributed by atoms with Gasteiger partial charge in [0.1, 0.15) is 5.82 Å². The molecule has 0 fully saturated rings. The highest BCUT2D eigenvalue weighted by Gasteiger charge is 2.12. The van der Waals surface area contributed by atoms with Crippen LogP contribution < -0.4 is 11.1 Å². The molecule has 0 bridgehead atoms. The topological polar surface area (TPSA) is 68.0 Å². The smallest absolute Gasteiger partial charge is 0.258 e. The first-order valence-electron chi connectivity index (χ1n) is 6.15. The molecule has 3 aromatic rings. The van der Waals surface area contributed by atoms with E-state index in [1.165, 1.54) is 0 Å². The minimum Gasteiger partial charge on any atom is -0.397 e. The van der Waals surface area contributed by atoms with Crippen LogP contribution in [0.2, 0.25) is 0 Å². The molecule has 0 atom stereocenters. The summed E-state index contributed by atoms with van der Waals surface area (Å²) >= 11 is 1.56. The summed E-state index contributed by atoms with van der Waals surface area (Å²) in [5.74, 6) is 0.358. The SMILES string of the molecule is Cc1cc(NC(=O)c2csc3ccccc23)ncc1N. The Morgan fingerprint density at radius 2 is 2.15 bits per heavy atom. The molecule has 0 spiro atoms.